The number of aromatic nitrogens is 1. The molecule has 1 aromatic heterocycles. The van der Waals surface area contributed by atoms with Gasteiger partial charge in [-0.15, -0.1) is 6.58 Å². The maximum absolute atomic E-state index is 14.2. The zero-order valence-corrected chi connectivity index (χ0v) is 28.3. The first-order valence-electron chi connectivity index (χ1n) is 16.2. The number of pyridine rings is 1. The van der Waals surface area contributed by atoms with Crippen molar-refractivity contribution >= 4 is 18.0 Å². The molecule has 12 heteroatoms. The van der Waals surface area contributed by atoms with Crippen molar-refractivity contribution in [3.8, 4) is 5.75 Å². The van der Waals surface area contributed by atoms with Crippen LogP contribution in [0.5, 0.6) is 5.75 Å². The van der Waals surface area contributed by atoms with Crippen molar-refractivity contribution in [2.45, 2.75) is 77.9 Å². The maximum atomic E-state index is 14.2. The second kappa shape index (κ2) is 17.5. The largest absolute Gasteiger partial charge is 0.511 e. The molecular weight excluding hydrogens is 636 g/mol. The highest BCUT2D eigenvalue weighted by atomic mass is 19.1. The third-order valence-corrected chi connectivity index (χ3v) is 7.97. The van der Waals surface area contributed by atoms with Gasteiger partial charge in [0.1, 0.15) is 18.5 Å². The Balaban J connectivity index is 1.46. The number of likely N-dealkylation sites (tertiary alicyclic amines) is 1. The summed E-state index contributed by atoms with van der Waals surface area (Å²) in [5.74, 6) is -2.71. The lowest BCUT2D eigenvalue weighted by molar-refractivity contribution is -0.169. The predicted octanol–water partition coefficient (Wildman–Crippen LogP) is 6.75. The lowest BCUT2D eigenvalue weighted by Gasteiger charge is -2.28. The normalized spacial score (nSPS) is 14.7. The summed E-state index contributed by atoms with van der Waals surface area (Å²) in [4.78, 5) is 45.2. The monoisotopic (exact) mass is 679 g/mol. The fourth-order valence-corrected chi connectivity index (χ4v) is 5.42. The van der Waals surface area contributed by atoms with E-state index in [1.807, 2.05) is 33.0 Å². The highest BCUT2D eigenvalue weighted by Gasteiger charge is 2.24. The number of benzene rings is 2. The molecule has 2 atom stereocenters. The Hall–Kier alpha value is -4.84. The molecule has 3 aromatic rings. The zero-order chi connectivity index (χ0) is 35.5. The number of amides is 1. The number of piperidine rings is 1. The van der Waals surface area contributed by atoms with Crippen molar-refractivity contribution in [2.75, 3.05) is 20.1 Å². The van der Waals surface area contributed by atoms with Gasteiger partial charge in [0.2, 0.25) is 6.29 Å². The van der Waals surface area contributed by atoms with E-state index in [-0.39, 0.29) is 36.9 Å². The number of ether oxygens (including phenoxy) is 4. The van der Waals surface area contributed by atoms with Crippen LogP contribution < -0.4 is 10.1 Å². The Morgan fingerprint density at radius 3 is 2.53 bits per heavy atom. The molecule has 0 aliphatic carbocycles. The van der Waals surface area contributed by atoms with E-state index in [0.29, 0.717) is 30.4 Å². The third kappa shape index (κ3) is 11.7. The van der Waals surface area contributed by atoms with Crippen LogP contribution in [0.25, 0.3) is 0 Å². The fraction of sp³-hybridized carbons (Fsp3) is 0.405. The molecule has 2 aromatic carbocycles. The Morgan fingerprint density at radius 2 is 1.82 bits per heavy atom. The van der Waals surface area contributed by atoms with Crippen molar-refractivity contribution in [1.82, 2.24) is 15.2 Å². The number of hydrogen-bond donors (Lipinski definition) is 1. The van der Waals surface area contributed by atoms with Crippen LogP contribution >= 0.6 is 0 Å². The topological polar surface area (TPSA) is 116 Å². The lowest BCUT2D eigenvalue weighted by atomic mass is 9.97. The van der Waals surface area contributed by atoms with Gasteiger partial charge in [-0.05, 0) is 93.6 Å². The fourth-order valence-electron chi connectivity index (χ4n) is 5.42. The van der Waals surface area contributed by atoms with Crippen LogP contribution in [0.15, 0.2) is 66.9 Å². The molecule has 49 heavy (non-hydrogen) atoms. The van der Waals surface area contributed by atoms with Gasteiger partial charge in [0.15, 0.2) is 11.6 Å². The van der Waals surface area contributed by atoms with Crippen LogP contribution in [0.1, 0.15) is 78.3 Å². The maximum Gasteiger partial charge on any atom is 0.511 e. The van der Waals surface area contributed by atoms with Crippen molar-refractivity contribution in [2.24, 2.45) is 0 Å². The minimum atomic E-state index is -1.18. The predicted molar refractivity (Wildman–Crippen MR) is 178 cm³/mol. The summed E-state index contributed by atoms with van der Waals surface area (Å²) in [6.07, 6.45) is 1.18. The summed E-state index contributed by atoms with van der Waals surface area (Å²) in [5, 5.41) is 3.08. The van der Waals surface area contributed by atoms with Gasteiger partial charge >= 0.3 is 12.1 Å². The second-order valence-electron chi connectivity index (χ2n) is 12.3. The zero-order valence-electron chi connectivity index (χ0n) is 28.3. The van der Waals surface area contributed by atoms with Gasteiger partial charge in [-0.25, -0.2) is 13.6 Å². The van der Waals surface area contributed by atoms with Gasteiger partial charge in [-0.1, -0.05) is 17.7 Å². The first-order chi connectivity index (χ1) is 23.4. The first-order valence-corrected chi connectivity index (χ1v) is 16.2. The quantitative estimate of drug-likeness (QED) is 0.112. The summed E-state index contributed by atoms with van der Waals surface area (Å²) in [6.45, 7) is 10.6. The lowest BCUT2D eigenvalue weighted by Crippen LogP contribution is -2.36. The minimum absolute atomic E-state index is 0.119. The van der Waals surface area contributed by atoms with E-state index < -0.39 is 42.0 Å². The summed E-state index contributed by atoms with van der Waals surface area (Å²) >= 11 is 0. The Morgan fingerprint density at radius 1 is 1.06 bits per heavy atom. The molecule has 0 radical (unpaired) electrons. The highest BCUT2D eigenvalue weighted by molar-refractivity contribution is 5.96. The molecule has 0 spiro atoms. The number of esters is 1. The van der Waals surface area contributed by atoms with Crippen molar-refractivity contribution in [3.05, 3.63) is 106 Å². The van der Waals surface area contributed by atoms with E-state index in [1.54, 1.807) is 24.4 Å². The van der Waals surface area contributed by atoms with E-state index >= 15 is 0 Å². The summed E-state index contributed by atoms with van der Waals surface area (Å²) in [5.41, 5.74) is 3.80. The van der Waals surface area contributed by atoms with Gasteiger partial charge < -0.3 is 29.2 Å². The molecule has 1 N–H and O–H groups in total. The molecule has 1 fully saturated rings. The first kappa shape index (κ1) is 37.0. The van der Waals surface area contributed by atoms with Crippen LogP contribution in [0.4, 0.5) is 13.6 Å². The molecule has 2 heterocycles. The van der Waals surface area contributed by atoms with Gasteiger partial charge in [0, 0.05) is 50.0 Å². The SMILES string of the molecule is C=C(C)C[C@@H](NC(=O)c1cc(COc2cc(F)ccc2F)ccc1CCC(=O)OC(C)OC(=O)OC1CCN(C)CC1)c1ccnc(C)c1. The Bertz CT molecular complexity index is 1640. The van der Waals surface area contributed by atoms with Crippen LogP contribution in [0.2, 0.25) is 0 Å². The molecule has 1 amide bonds. The smallest absolute Gasteiger partial charge is 0.486 e. The molecule has 0 bridgehead atoms. The van der Waals surface area contributed by atoms with Crippen molar-refractivity contribution < 1.29 is 42.1 Å². The number of hydrogen-bond acceptors (Lipinski definition) is 9. The minimum Gasteiger partial charge on any atom is -0.486 e. The van der Waals surface area contributed by atoms with Crippen LogP contribution in [0, 0.1) is 18.6 Å². The number of halogens is 2. The van der Waals surface area contributed by atoms with Gasteiger partial charge in [0.05, 0.1) is 6.04 Å². The molecule has 1 aliphatic heterocycles. The number of carbonyl (C=O) groups excluding carboxylic acids is 3. The van der Waals surface area contributed by atoms with E-state index in [1.165, 1.54) is 6.92 Å². The molecule has 4 rings (SSSR count). The highest BCUT2D eigenvalue weighted by Crippen LogP contribution is 2.25. The summed E-state index contributed by atoms with van der Waals surface area (Å²) in [6, 6.07) is 11.1. The van der Waals surface area contributed by atoms with E-state index in [9.17, 15) is 23.2 Å². The van der Waals surface area contributed by atoms with Gasteiger partial charge in [-0.2, -0.15) is 0 Å². The average molecular weight is 680 g/mol. The average Bonchev–Trinajstić information content (AvgIpc) is 3.04. The second-order valence-corrected chi connectivity index (χ2v) is 12.3. The van der Waals surface area contributed by atoms with E-state index in [2.05, 4.69) is 21.8 Å². The van der Waals surface area contributed by atoms with Crippen molar-refractivity contribution in [3.63, 3.8) is 0 Å². The van der Waals surface area contributed by atoms with Gasteiger partial charge in [0.25, 0.3) is 5.91 Å². The Kier molecular flexibility index (Phi) is 13.2. The standard InChI is InChI=1S/C37H43F2N3O7/c1-23(2)18-33(28-12-15-40-24(3)19-28)41-36(44)31-20-26(22-46-34-21-29(38)9-10-32(34)39)6-7-27(31)8-11-35(43)47-25(4)48-37(45)49-30-13-16-42(5)17-14-30/h6-7,9-10,12,15,19-21,25,30,33H,1,8,11,13-14,16-18,22H2,2-5H3,(H,41,44)/t25?,33-/m1/s1. The van der Waals surface area contributed by atoms with Crippen molar-refractivity contribution in [1.29, 1.82) is 0 Å². The molecule has 0 saturated carbocycles. The van der Waals surface area contributed by atoms with Crippen LogP contribution in [0.3, 0.4) is 0 Å². The molecule has 1 unspecified atom stereocenters. The molecule has 1 saturated heterocycles. The van der Waals surface area contributed by atoms with E-state index in [4.69, 9.17) is 18.9 Å². The molecule has 1 aliphatic rings. The molecule has 10 nitrogen and oxygen atoms in total. The molecular formula is C37H43F2N3O7. The number of nitrogens with one attached hydrogen (secondary N) is 1. The third-order valence-electron chi connectivity index (χ3n) is 7.97. The van der Waals surface area contributed by atoms with Gasteiger partial charge in [-0.3, -0.25) is 14.6 Å². The van der Waals surface area contributed by atoms with Crippen LogP contribution in [-0.4, -0.2) is 60.4 Å². The number of carbonyl (C=O) groups is 3. The number of nitrogens with zero attached hydrogens (tertiary/aromatic N) is 2. The summed E-state index contributed by atoms with van der Waals surface area (Å²) in [7, 11) is 2.00. The molecule has 262 valence electrons. The Labute approximate surface area is 285 Å². The number of aryl methyl sites for hydroxylation is 2. The van der Waals surface area contributed by atoms with Crippen LogP contribution in [-0.2, 0) is 32.0 Å². The number of rotatable bonds is 14. The summed E-state index contributed by atoms with van der Waals surface area (Å²) < 4.78 is 49.2. The van der Waals surface area contributed by atoms with E-state index in [0.717, 1.165) is 48.1 Å².